The first-order chi connectivity index (χ1) is 42.2. The number of amides is 4. The summed E-state index contributed by atoms with van der Waals surface area (Å²) in [5, 5.41) is 9.53. The van der Waals surface area contributed by atoms with Crippen LogP contribution in [0.1, 0.15) is 252 Å². The molecule has 0 aromatic heterocycles. The lowest BCUT2D eigenvalue weighted by Crippen LogP contribution is -2.51. The van der Waals surface area contributed by atoms with Crippen LogP contribution in [-0.2, 0) is 62.8 Å². The van der Waals surface area contributed by atoms with Crippen molar-refractivity contribution in [3.63, 3.8) is 0 Å². The zero-order chi connectivity index (χ0) is 69.1. The fourth-order valence-corrected chi connectivity index (χ4v) is 21.8. The van der Waals surface area contributed by atoms with E-state index >= 15 is 0 Å². The van der Waals surface area contributed by atoms with E-state index in [1.807, 2.05) is 41.5 Å². The molecular formula is C72H118N4O14S2. The second-order valence-corrected chi connectivity index (χ2v) is 41.3. The van der Waals surface area contributed by atoms with Gasteiger partial charge in [-0.15, -0.1) is 0 Å². The Morgan fingerprint density at radius 2 is 0.859 bits per heavy atom. The maximum Gasteiger partial charge on any atom is 0.285 e. The van der Waals surface area contributed by atoms with Gasteiger partial charge in [0.1, 0.15) is 17.7 Å². The Bertz CT molecular complexity index is 3030. The molecule has 2 heterocycles. The summed E-state index contributed by atoms with van der Waals surface area (Å²) < 4.78 is 51.9. The summed E-state index contributed by atoms with van der Waals surface area (Å²) >= 11 is 0. The van der Waals surface area contributed by atoms with Gasteiger partial charge in [-0.1, -0.05) is 133 Å². The monoisotopic (exact) mass is 1330 g/mol. The number of nitrogens with zero attached hydrogens (tertiary/aromatic N) is 2. The van der Waals surface area contributed by atoms with E-state index in [1.165, 1.54) is 0 Å². The van der Waals surface area contributed by atoms with E-state index in [2.05, 4.69) is 27.7 Å². The van der Waals surface area contributed by atoms with Gasteiger partial charge >= 0.3 is 0 Å². The van der Waals surface area contributed by atoms with Crippen LogP contribution < -0.4 is 11.5 Å². The van der Waals surface area contributed by atoms with Crippen molar-refractivity contribution in [1.82, 2.24) is 9.80 Å². The molecule has 0 aromatic rings. The van der Waals surface area contributed by atoms with Crippen molar-refractivity contribution in [3.8, 4) is 0 Å². The fourth-order valence-electron chi connectivity index (χ4n) is 17.5. The fraction of sp³-hybridized carbons (Fsp3) is 0.875. The lowest BCUT2D eigenvalue weighted by Gasteiger charge is -2.38. The van der Waals surface area contributed by atoms with Crippen LogP contribution in [0.15, 0.2) is 0 Å². The summed E-state index contributed by atoms with van der Waals surface area (Å²) in [6.07, 6.45) is 11.7. The van der Waals surface area contributed by atoms with Gasteiger partial charge < -0.3 is 26.4 Å². The summed E-state index contributed by atoms with van der Waals surface area (Å²) in [6, 6.07) is -1.38. The van der Waals surface area contributed by atoms with E-state index in [1.54, 1.807) is 51.3 Å². The summed E-state index contributed by atoms with van der Waals surface area (Å²) in [5.74, 6) is -5.93. The average molecular weight is 1330 g/mol. The molecule has 522 valence electrons. The second kappa shape index (κ2) is 27.9. The third-order valence-corrected chi connectivity index (χ3v) is 30.6. The smallest absolute Gasteiger partial charge is 0.285 e. The number of hydrogen-bond donors (Lipinski definition) is 3. The first-order valence-corrected chi connectivity index (χ1v) is 38.2. The molecule has 6 aliphatic carbocycles. The number of aliphatic hydroxyl groups is 1. The zero-order valence-corrected chi connectivity index (χ0v) is 60.5. The van der Waals surface area contributed by atoms with Gasteiger partial charge in [-0.3, -0.25) is 43.2 Å². The maximum atomic E-state index is 14.4. The predicted octanol–water partition coefficient (Wildman–Crippen LogP) is 9.94. The minimum Gasteiger partial charge on any atom is -0.383 e. The number of nitrogens with two attached hydrogens (primary N) is 2. The highest BCUT2D eigenvalue weighted by atomic mass is 32.2. The number of hydrogen-bond acceptors (Lipinski definition) is 14. The average Bonchev–Trinajstić information content (AvgIpc) is 1.53. The van der Waals surface area contributed by atoms with E-state index < -0.39 is 110 Å². The van der Waals surface area contributed by atoms with E-state index in [4.69, 9.17) is 11.5 Å². The van der Waals surface area contributed by atoms with Gasteiger partial charge in [0.05, 0.1) is 32.1 Å². The van der Waals surface area contributed by atoms with Gasteiger partial charge in [0.25, 0.3) is 5.91 Å². The van der Waals surface area contributed by atoms with Crippen LogP contribution in [0.3, 0.4) is 0 Å². The summed E-state index contributed by atoms with van der Waals surface area (Å²) in [7, 11) is -6.90. The normalized spacial score (nSPS) is 29.7. The molecule has 8 fully saturated rings. The van der Waals surface area contributed by atoms with Crippen molar-refractivity contribution in [1.29, 1.82) is 0 Å². The molecule has 4 amide bonds. The quantitative estimate of drug-likeness (QED) is 0.0679. The SMILES string of the molecule is CC(C)(C)[C@H](CC(=O)C[C@H]1CCCC[C@H]1S(=O)(=O)C(C)(C)C)C(=O)N1C[C@H]2[C@@H]([C@H]1C(=O)CC(CC1CCC1)C(=O)C(N)=O)C2(C)C.CC(C)(C)[C@H](CC(=O)C[C@H]1CCCC[C@H]1S(=O)(=O)C(C)(C)C)C(=O)N1C[C@H]2[C@@H]([C@H]1C(=O)CC(CC1CCC1)C(O)C(N)=O)C2(C)C. The molecule has 15 atom stereocenters. The number of sulfone groups is 2. The topological polar surface area (TPSA) is 301 Å². The third kappa shape index (κ3) is 16.2. The van der Waals surface area contributed by atoms with E-state index in [-0.39, 0.29) is 120 Å². The van der Waals surface area contributed by atoms with Gasteiger partial charge in [-0.2, -0.15) is 0 Å². The lowest BCUT2D eigenvalue weighted by atomic mass is 9.74. The molecule has 6 saturated carbocycles. The number of rotatable bonds is 26. The van der Waals surface area contributed by atoms with Gasteiger partial charge in [-0.25, -0.2) is 16.8 Å². The summed E-state index contributed by atoms with van der Waals surface area (Å²) in [4.78, 5) is 124. The number of carbonyl (C=O) groups is 9. The summed E-state index contributed by atoms with van der Waals surface area (Å²) in [6.45, 7) is 31.2. The molecule has 8 aliphatic rings. The van der Waals surface area contributed by atoms with Crippen LogP contribution >= 0.6 is 0 Å². The van der Waals surface area contributed by atoms with Crippen LogP contribution in [0.4, 0.5) is 0 Å². The number of Topliss-reactive ketones (excluding diaryl/α,β-unsaturated/α-hetero) is 5. The first kappa shape index (κ1) is 75.5. The van der Waals surface area contributed by atoms with Crippen molar-refractivity contribution >= 4 is 72.2 Å². The number of carbonyl (C=O) groups excluding carboxylic acids is 9. The van der Waals surface area contributed by atoms with Crippen LogP contribution in [-0.4, -0.2) is 136 Å². The van der Waals surface area contributed by atoms with Crippen molar-refractivity contribution in [2.24, 2.45) is 104 Å². The molecule has 18 nitrogen and oxygen atoms in total. The van der Waals surface area contributed by atoms with Gasteiger partial charge in [0.15, 0.2) is 31.2 Å². The third-order valence-electron chi connectivity index (χ3n) is 24.3. The van der Waals surface area contributed by atoms with E-state index in [0.29, 0.717) is 63.5 Å². The Morgan fingerprint density at radius 3 is 1.18 bits per heavy atom. The maximum absolute atomic E-state index is 14.4. The largest absolute Gasteiger partial charge is 0.383 e. The number of fused-ring (bicyclic) bond motifs is 2. The van der Waals surface area contributed by atoms with Crippen molar-refractivity contribution in [2.75, 3.05) is 13.1 Å². The molecule has 2 saturated heterocycles. The summed E-state index contributed by atoms with van der Waals surface area (Å²) in [5.41, 5.74) is 9.47. The first-order valence-electron chi connectivity index (χ1n) is 35.1. The minimum absolute atomic E-state index is 0.00193. The predicted molar refractivity (Wildman–Crippen MR) is 355 cm³/mol. The Labute approximate surface area is 551 Å². The van der Waals surface area contributed by atoms with Gasteiger partial charge in [-0.05, 0) is 149 Å². The number of piperidine rings is 2. The minimum atomic E-state index is -3.46. The van der Waals surface area contributed by atoms with Crippen molar-refractivity contribution in [2.45, 2.75) is 290 Å². The van der Waals surface area contributed by atoms with Gasteiger partial charge in [0, 0.05) is 75.3 Å². The molecule has 0 bridgehead atoms. The van der Waals surface area contributed by atoms with Crippen LogP contribution in [0.5, 0.6) is 0 Å². The Kier molecular flexibility index (Phi) is 22.9. The molecule has 2 aliphatic heterocycles. The van der Waals surface area contributed by atoms with Gasteiger partial charge in [0.2, 0.25) is 23.5 Å². The highest BCUT2D eigenvalue weighted by Crippen LogP contribution is 2.67. The number of aliphatic hydroxyl groups excluding tert-OH is 1. The molecule has 0 aromatic carbocycles. The molecule has 5 N–H and O–H groups in total. The highest BCUT2D eigenvalue weighted by molar-refractivity contribution is 7.93. The highest BCUT2D eigenvalue weighted by Gasteiger charge is 2.71. The number of primary amides is 2. The Balaban J connectivity index is 0.000000261. The van der Waals surface area contributed by atoms with E-state index in [0.717, 1.165) is 64.2 Å². The standard InChI is InChI=1S/C36H60N2O7S.C36H58N2O7S/c2*1-34(2,3)25(19-24(39)17-22-14-9-10-15-28(22)46(44,45)35(4,5)6)33(43)38-20-26-29(36(26,7)8)30(38)27(40)18-23(31(41)32(37)42)16-21-12-11-13-21/h21-23,25-26,28-31,41H,9-20H2,1-8H3,(H2,37,42);21-23,25-26,28-30H,9-20H2,1-8H3,(H2,37,42)/t22-,23?,25-,26+,28-,29+,30-,31?;22-,23?,25-,26+,28-,29+,30-/m11/s1. The second-order valence-electron chi connectivity index (χ2n) is 35.4. The molecule has 0 radical (unpaired) electrons. The number of ketones is 5. The number of likely N-dealkylation sites (tertiary alicyclic amines) is 2. The van der Waals surface area contributed by atoms with Crippen LogP contribution in [0.2, 0.25) is 0 Å². The van der Waals surface area contributed by atoms with E-state index in [9.17, 15) is 65.1 Å². The molecule has 20 heteroatoms. The van der Waals surface area contributed by atoms with Crippen molar-refractivity contribution in [3.05, 3.63) is 0 Å². The van der Waals surface area contributed by atoms with Crippen molar-refractivity contribution < 1.29 is 65.1 Å². The molecular weight excluding hydrogens is 1210 g/mol. The molecule has 92 heavy (non-hydrogen) atoms. The molecule has 0 spiro atoms. The molecule has 8 rings (SSSR count). The lowest BCUT2D eigenvalue weighted by molar-refractivity contribution is -0.148. The Morgan fingerprint density at radius 1 is 0.500 bits per heavy atom. The van der Waals surface area contributed by atoms with Crippen LogP contribution in [0.25, 0.3) is 0 Å². The molecule has 3 unspecified atom stereocenters. The zero-order valence-electron chi connectivity index (χ0n) is 58.9. The van der Waals surface area contributed by atoms with Crippen LogP contribution in [0, 0.1) is 92.7 Å². The Hall–Kier alpha value is -3.91.